The van der Waals surface area contributed by atoms with Crippen LogP contribution in [0.3, 0.4) is 0 Å². The minimum absolute atomic E-state index is 0.174. The molecule has 10 heteroatoms. The molecule has 10 nitrogen and oxygen atoms in total. The van der Waals surface area contributed by atoms with E-state index >= 15 is 0 Å². The fourth-order valence-corrected chi connectivity index (χ4v) is 5.13. The lowest BCUT2D eigenvalue weighted by atomic mass is 9.81. The summed E-state index contributed by atoms with van der Waals surface area (Å²) in [6.45, 7) is 2.37. The van der Waals surface area contributed by atoms with E-state index in [1.165, 1.54) is 7.11 Å². The number of nitrogens with zero attached hydrogens (tertiary/aromatic N) is 2. The Kier molecular flexibility index (Phi) is 9.17. The molecule has 2 heterocycles. The monoisotopic (exact) mass is 490 g/mol. The first-order valence-corrected chi connectivity index (χ1v) is 12.6. The number of carbonyl (C=O) groups is 4. The molecule has 4 rings (SSSR count). The zero-order valence-corrected chi connectivity index (χ0v) is 20.6. The van der Waals surface area contributed by atoms with E-state index in [9.17, 15) is 24.3 Å². The van der Waals surface area contributed by atoms with Crippen LogP contribution in [0.5, 0.6) is 0 Å². The smallest absolute Gasteiger partial charge is 0.331 e. The number of ether oxygens (including phenoxy) is 1. The van der Waals surface area contributed by atoms with Gasteiger partial charge in [0.05, 0.1) is 7.11 Å². The maximum absolute atomic E-state index is 12.1. The third-order valence-electron chi connectivity index (χ3n) is 7.30. The third-order valence-corrected chi connectivity index (χ3v) is 7.30. The van der Waals surface area contributed by atoms with Gasteiger partial charge in [-0.3, -0.25) is 0 Å². The number of carboxylic acid groups (broad SMARTS) is 1. The van der Waals surface area contributed by atoms with Crippen LogP contribution < -0.4 is 10.6 Å². The summed E-state index contributed by atoms with van der Waals surface area (Å²) in [5.74, 6) is -1.22. The zero-order chi connectivity index (χ0) is 25.3. The lowest BCUT2D eigenvalue weighted by molar-refractivity contribution is -0.149. The van der Waals surface area contributed by atoms with Crippen molar-refractivity contribution in [2.24, 2.45) is 0 Å². The first-order valence-electron chi connectivity index (χ1n) is 12.6. The van der Waals surface area contributed by atoms with Gasteiger partial charge in [0.1, 0.15) is 11.1 Å². The molecule has 35 heavy (non-hydrogen) atoms. The molecule has 0 saturated heterocycles. The van der Waals surface area contributed by atoms with Crippen LogP contribution in [-0.4, -0.2) is 83.3 Å². The number of hydrogen-bond donors (Lipinski definition) is 3. The van der Waals surface area contributed by atoms with Crippen LogP contribution in [0.1, 0.15) is 64.2 Å². The SMILES string of the molecule is COC(=O)C1(NC(=O)N2CC=CC2)CCCCC1.O=C(NC1(C(=O)O)CCCCC1)N1CC=CC1. The summed E-state index contributed by atoms with van der Waals surface area (Å²) in [7, 11) is 1.38. The van der Waals surface area contributed by atoms with Crippen LogP contribution in [0.4, 0.5) is 9.59 Å². The van der Waals surface area contributed by atoms with E-state index in [2.05, 4.69) is 10.6 Å². The summed E-state index contributed by atoms with van der Waals surface area (Å²) in [6.07, 6.45) is 15.9. The van der Waals surface area contributed by atoms with E-state index < -0.39 is 17.0 Å². The molecular formula is C25H38N4O6. The van der Waals surface area contributed by atoms with E-state index in [0.29, 0.717) is 51.9 Å². The number of methoxy groups -OCH3 is 1. The topological polar surface area (TPSA) is 128 Å². The van der Waals surface area contributed by atoms with Gasteiger partial charge in [-0.05, 0) is 25.7 Å². The molecule has 0 aromatic carbocycles. The minimum Gasteiger partial charge on any atom is -0.480 e. The standard InChI is InChI=1S/C13H20N2O3.C12H18N2O3/c1-18-11(16)13(7-3-2-4-8-13)14-12(17)15-9-5-6-10-15;15-10(16)12(6-2-1-3-7-12)13-11(17)14-8-4-5-9-14/h5-6H,2-4,7-10H2,1H3,(H,14,17);4-5H,1-3,6-9H2,(H,13,17)(H,15,16). The van der Waals surface area contributed by atoms with E-state index in [0.717, 1.165) is 38.5 Å². The Morgan fingerprint density at radius 1 is 0.686 bits per heavy atom. The lowest BCUT2D eigenvalue weighted by Crippen LogP contribution is -2.58. The van der Waals surface area contributed by atoms with Crippen LogP contribution in [0.25, 0.3) is 0 Å². The van der Waals surface area contributed by atoms with Gasteiger partial charge in [0, 0.05) is 26.2 Å². The van der Waals surface area contributed by atoms with Crippen LogP contribution in [0.2, 0.25) is 0 Å². The van der Waals surface area contributed by atoms with Crippen LogP contribution in [0, 0.1) is 0 Å². The highest BCUT2D eigenvalue weighted by Crippen LogP contribution is 2.30. The average Bonchev–Trinajstić information content (AvgIpc) is 3.60. The molecule has 0 bridgehead atoms. The van der Waals surface area contributed by atoms with Crippen LogP contribution in [-0.2, 0) is 14.3 Å². The van der Waals surface area contributed by atoms with Crippen molar-refractivity contribution in [3.8, 4) is 0 Å². The molecule has 4 aliphatic rings. The number of esters is 1. The Hall–Kier alpha value is -3.04. The van der Waals surface area contributed by atoms with Crippen molar-refractivity contribution in [1.82, 2.24) is 20.4 Å². The molecular weight excluding hydrogens is 452 g/mol. The molecule has 2 saturated carbocycles. The fraction of sp³-hybridized carbons (Fsp3) is 0.680. The predicted octanol–water partition coefficient (Wildman–Crippen LogP) is 2.80. The second kappa shape index (κ2) is 12.1. The predicted molar refractivity (Wildman–Crippen MR) is 130 cm³/mol. The molecule has 194 valence electrons. The maximum Gasteiger partial charge on any atom is 0.331 e. The summed E-state index contributed by atoms with van der Waals surface area (Å²) in [4.78, 5) is 50.7. The van der Waals surface area contributed by atoms with Gasteiger partial charge in [-0.25, -0.2) is 19.2 Å². The van der Waals surface area contributed by atoms with Gasteiger partial charge in [0.25, 0.3) is 0 Å². The number of urea groups is 2. The van der Waals surface area contributed by atoms with E-state index in [-0.39, 0.29) is 18.0 Å². The first kappa shape index (κ1) is 26.6. The van der Waals surface area contributed by atoms with Gasteiger partial charge in [-0.2, -0.15) is 0 Å². The quantitative estimate of drug-likeness (QED) is 0.411. The maximum atomic E-state index is 12.1. The van der Waals surface area contributed by atoms with Gasteiger partial charge in [-0.1, -0.05) is 62.8 Å². The fourth-order valence-electron chi connectivity index (χ4n) is 5.13. The molecule has 0 unspecified atom stereocenters. The van der Waals surface area contributed by atoms with Crippen molar-refractivity contribution in [3.63, 3.8) is 0 Å². The molecule has 4 amide bonds. The first-order chi connectivity index (χ1) is 16.8. The summed E-state index contributed by atoms with van der Waals surface area (Å²) in [5.41, 5.74) is -1.86. The molecule has 0 aromatic heterocycles. The zero-order valence-electron chi connectivity index (χ0n) is 20.6. The number of carbonyl (C=O) groups excluding carboxylic acids is 3. The molecule has 0 radical (unpaired) electrons. The van der Waals surface area contributed by atoms with Gasteiger partial charge in [0.2, 0.25) is 0 Å². The molecule has 2 fully saturated rings. The molecule has 3 N–H and O–H groups in total. The average molecular weight is 491 g/mol. The second-order valence-corrected chi connectivity index (χ2v) is 9.70. The van der Waals surface area contributed by atoms with Crippen molar-refractivity contribution in [3.05, 3.63) is 24.3 Å². The van der Waals surface area contributed by atoms with Crippen molar-refractivity contribution in [2.75, 3.05) is 33.3 Å². The molecule has 0 spiro atoms. The largest absolute Gasteiger partial charge is 0.480 e. The highest BCUT2D eigenvalue weighted by atomic mass is 16.5. The Balaban J connectivity index is 0.000000196. The Morgan fingerprint density at radius 2 is 1.06 bits per heavy atom. The Labute approximate surface area is 206 Å². The van der Waals surface area contributed by atoms with Crippen LogP contribution >= 0.6 is 0 Å². The minimum atomic E-state index is -1.04. The van der Waals surface area contributed by atoms with Crippen molar-refractivity contribution in [2.45, 2.75) is 75.3 Å². The van der Waals surface area contributed by atoms with E-state index in [4.69, 9.17) is 4.74 Å². The number of carboxylic acids is 1. The number of hydrogen-bond acceptors (Lipinski definition) is 5. The molecule has 2 aliphatic heterocycles. The third kappa shape index (κ3) is 6.55. The summed E-state index contributed by atoms with van der Waals surface area (Å²) in [5, 5.41) is 15.0. The van der Waals surface area contributed by atoms with Gasteiger partial charge in [-0.15, -0.1) is 0 Å². The summed E-state index contributed by atoms with van der Waals surface area (Å²) >= 11 is 0. The van der Waals surface area contributed by atoms with Gasteiger partial charge >= 0.3 is 24.0 Å². The lowest BCUT2D eigenvalue weighted by Gasteiger charge is -2.36. The number of rotatable bonds is 4. The number of amides is 4. The summed E-state index contributed by atoms with van der Waals surface area (Å²) < 4.78 is 4.87. The van der Waals surface area contributed by atoms with Crippen molar-refractivity contribution in [1.29, 1.82) is 0 Å². The number of aliphatic carboxylic acids is 1. The van der Waals surface area contributed by atoms with Gasteiger partial charge in [0.15, 0.2) is 0 Å². The normalized spacial score (nSPS) is 22.1. The highest BCUT2D eigenvalue weighted by molar-refractivity contribution is 5.88. The van der Waals surface area contributed by atoms with E-state index in [1.807, 2.05) is 24.3 Å². The van der Waals surface area contributed by atoms with Crippen molar-refractivity contribution >= 4 is 24.0 Å². The Bertz CT molecular complexity index is 827. The second-order valence-electron chi connectivity index (χ2n) is 9.70. The van der Waals surface area contributed by atoms with E-state index in [1.54, 1.807) is 9.80 Å². The number of nitrogens with one attached hydrogen (secondary N) is 2. The Morgan fingerprint density at radius 3 is 1.43 bits per heavy atom. The highest BCUT2D eigenvalue weighted by Gasteiger charge is 2.43. The van der Waals surface area contributed by atoms with Crippen LogP contribution in [0.15, 0.2) is 24.3 Å². The molecule has 2 aliphatic carbocycles. The van der Waals surface area contributed by atoms with Crippen molar-refractivity contribution < 1.29 is 29.0 Å². The van der Waals surface area contributed by atoms with Gasteiger partial charge < -0.3 is 30.3 Å². The molecule has 0 aromatic rings. The molecule has 0 atom stereocenters. The summed E-state index contributed by atoms with van der Waals surface area (Å²) in [6, 6.07) is -0.438.